The number of thioether (sulfide) groups is 1. The van der Waals surface area contributed by atoms with Gasteiger partial charge in [0.2, 0.25) is 5.12 Å². The van der Waals surface area contributed by atoms with Crippen LogP contribution >= 0.6 is 11.8 Å². The number of H-pyrrole nitrogens is 3. The molecule has 0 unspecified atom stereocenters. The molecule has 0 aliphatic carbocycles. The van der Waals surface area contributed by atoms with Gasteiger partial charge in [-0.05, 0) is 48.1 Å². The van der Waals surface area contributed by atoms with E-state index >= 15 is 0 Å². The molecule has 0 bridgehead atoms. The fourth-order valence-corrected chi connectivity index (χ4v) is 8.53. The van der Waals surface area contributed by atoms with Gasteiger partial charge in [-0.15, -0.1) is 0 Å². The highest BCUT2D eigenvalue weighted by Gasteiger charge is 2.37. The Labute approximate surface area is 310 Å². The standard InChI is InChI=1S/C36H33N5O11S2/c1-50-28-12-21-15(8-26(28)42)7-22(37-21)35(46)41-14-16(52-54(4,48)49)9-18-20-10-23(38-29(20)27(43)13-25(18)41)34(45)40-6-5-17-19-11-24(36(47)53-3)39-30(19)33(51-2)32(44)31(17)40/h7-8,10-13,16,37-39,42-44H,5-6,9,14H2,1-4H3/t16-/m0/s1. The Kier molecular flexibility index (Phi) is 8.23. The predicted molar refractivity (Wildman–Crippen MR) is 201 cm³/mol. The van der Waals surface area contributed by atoms with Crippen LogP contribution in [-0.4, -0.2) is 102 Å². The summed E-state index contributed by atoms with van der Waals surface area (Å²) in [5.74, 6) is -1.54. The molecular formula is C36H33N5O11S2. The summed E-state index contributed by atoms with van der Waals surface area (Å²) < 4.78 is 40.8. The van der Waals surface area contributed by atoms with Gasteiger partial charge in [-0.3, -0.25) is 18.6 Å². The van der Waals surface area contributed by atoms with E-state index in [1.807, 2.05) is 0 Å². The summed E-state index contributed by atoms with van der Waals surface area (Å²) in [5, 5.41) is 34.3. The third-order valence-electron chi connectivity index (χ3n) is 9.83. The summed E-state index contributed by atoms with van der Waals surface area (Å²) in [5.41, 5.74) is 3.14. The molecule has 6 N–H and O–H groups in total. The number of phenolic OH excluding ortho intramolecular Hbond substituents is 3. The number of amides is 2. The van der Waals surface area contributed by atoms with Gasteiger partial charge in [0, 0.05) is 46.8 Å². The summed E-state index contributed by atoms with van der Waals surface area (Å²) in [4.78, 5) is 52.7. The lowest BCUT2D eigenvalue weighted by atomic mass is 9.95. The number of aromatic nitrogens is 3. The largest absolute Gasteiger partial charge is 0.506 e. The number of hydrogen-bond donors (Lipinski definition) is 6. The third kappa shape index (κ3) is 5.55. The molecule has 2 aliphatic rings. The fourth-order valence-electron chi connectivity index (χ4n) is 7.58. The molecule has 18 heteroatoms. The third-order valence-corrected chi connectivity index (χ3v) is 11.0. The maximum absolute atomic E-state index is 14.3. The molecule has 0 saturated heterocycles. The number of aromatic amines is 3. The van der Waals surface area contributed by atoms with Crippen LogP contribution in [0.3, 0.4) is 0 Å². The highest BCUT2D eigenvalue weighted by molar-refractivity contribution is 8.13. The molecule has 0 saturated carbocycles. The van der Waals surface area contributed by atoms with Crippen molar-refractivity contribution in [3.05, 3.63) is 64.6 Å². The first-order valence-corrected chi connectivity index (χ1v) is 19.6. The van der Waals surface area contributed by atoms with Crippen molar-refractivity contribution in [1.82, 2.24) is 15.0 Å². The van der Waals surface area contributed by atoms with Crippen molar-refractivity contribution in [3.8, 4) is 28.7 Å². The zero-order valence-corrected chi connectivity index (χ0v) is 30.8. The molecule has 3 aromatic carbocycles. The number of aromatic hydroxyl groups is 3. The Hall–Kier alpha value is -5.85. The molecule has 2 amide bonds. The van der Waals surface area contributed by atoms with Crippen molar-refractivity contribution in [1.29, 1.82) is 0 Å². The predicted octanol–water partition coefficient (Wildman–Crippen LogP) is 4.52. The smallest absolute Gasteiger partial charge is 0.274 e. The molecule has 0 spiro atoms. The first-order valence-electron chi connectivity index (χ1n) is 16.5. The van der Waals surface area contributed by atoms with Crippen LogP contribution in [0.4, 0.5) is 11.4 Å². The monoisotopic (exact) mass is 775 g/mol. The Morgan fingerprint density at radius 2 is 1.52 bits per heavy atom. The van der Waals surface area contributed by atoms with E-state index in [1.165, 1.54) is 54.4 Å². The van der Waals surface area contributed by atoms with Gasteiger partial charge in [0.25, 0.3) is 21.9 Å². The van der Waals surface area contributed by atoms with Crippen LogP contribution in [0.25, 0.3) is 32.7 Å². The van der Waals surface area contributed by atoms with Gasteiger partial charge in [0.1, 0.15) is 17.1 Å². The number of carbonyl (C=O) groups is 3. The van der Waals surface area contributed by atoms with Gasteiger partial charge in [0.15, 0.2) is 23.0 Å². The Morgan fingerprint density at radius 1 is 0.833 bits per heavy atom. The zero-order chi connectivity index (χ0) is 38.4. The Morgan fingerprint density at radius 3 is 2.22 bits per heavy atom. The van der Waals surface area contributed by atoms with Crippen molar-refractivity contribution in [3.63, 3.8) is 0 Å². The van der Waals surface area contributed by atoms with Gasteiger partial charge < -0.3 is 49.5 Å². The first-order chi connectivity index (χ1) is 25.7. The molecule has 0 fully saturated rings. The normalized spacial score (nSPS) is 15.6. The van der Waals surface area contributed by atoms with Gasteiger partial charge >= 0.3 is 0 Å². The van der Waals surface area contributed by atoms with Crippen molar-refractivity contribution in [2.24, 2.45) is 0 Å². The molecular weight excluding hydrogens is 743 g/mol. The van der Waals surface area contributed by atoms with Gasteiger partial charge in [-0.25, -0.2) is 0 Å². The SMILES string of the molecule is COc1cc2[nH]c(C(=O)N3C[C@@H](OS(C)(=O)=O)Cc4c3cc(O)c3[nH]c(C(=O)N5CCc6c5c(O)c(OC)c5[nH]c(C(=O)SC)cc65)cc43)cc2cc1O. The van der Waals surface area contributed by atoms with Gasteiger partial charge in [-0.1, -0.05) is 11.8 Å². The molecule has 3 aromatic heterocycles. The number of benzene rings is 3. The topological polar surface area (TPSA) is 228 Å². The molecule has 5 heterocycles. The number of carbonyl (C=O) groups excluding carboxylic acids is 3. The van der Waals surface area contributed by atoms with E-state index in [-0.39, 0.29) is 81.7 Å². The minimum atomic E-state index is -3.97. The average Bonchev–Trinajstić information content (AvgIpc) is 3.94. The van der Waals surface area contributed by atoms with Crippen molar-refractivity contribution in [2.75, 3.05) is 49.6 Å². The fraction of sp³-hybridized carbons (Fsp3) is 0.250. The maximum atomic E-state index is 14.3. The van der Waals surface area contributed by atoms with Crippen molar-refractivity contribution in [2.45, 2.75) is 18.9 Å². The number of nitrogens with zero attached hydrogens (tertiary/aromatic N) is 2. The van der Waals surface area contributed by atoms with E-state index in [1.54, 1.807) is 12.3 Å². The summed E-state index contributed by atoms with van der Waals surface area (Å²) in [7, 11) is -1.21. The number of fused-ring (bicyclic) bond motifs is 7. The lowest BCUT2D eigenvalue weighted by molar-refractivity contribution is 0.0959. The van der Waals surface area contributed by atoms with E-state index in [2.05, 4.69) is 15.0 Å². The number of phenols is 3. The van der Waals surface area contributed by atoms with Gasteiger partial charge in [-0.2, -0.15) is 8.42 Å². The average molecular weight is 776 g/mol. The molecule has 0 radical (unpaired) electrons. The molecule has 54 heavy (non-hydrogen) atoms. The van der Waals surface area contributed by atoms with Crippen molar-refractivity contribution < 1.29 is 51.8 Å². The lowest BCUT2D eigenvalue weighted by Crippen LogP contribution is -2.44. The van der Waals surface area contributed by atoms with Crippen LogP contribution in [-0.2, 0) is 27.1 Å². The summed E-state index contributed by atoms with van der Waals surface area (Å²) >= 11 is 1.03. The Bertz CT molecular complexity index is 2710. The summed E-state index contributed by atoms with van der Waals surface area (Å²) in [6.07, 6.45) is 1.92. The molecule has 2 aliphatic heterocycles. The molecule has 16 nitrogen and oxygen atoms in total. The molecule has 1 atom stereocenters. The zero-order valence-electron chi connectivity index (χ0n) is 29.2. The maximum Gasteiger partial charge on any atom is 0.274 e. The van der Waals surface area contributed by atoms with Crippen molar-refractivity contribution >= 4 is 82.9 Å². The lowest BCUT2D eigenvalue weighted by Gasteiger charge is -2.34. The van der Waals surface area contributed by atoms with Crippen LogP contribution in [0.15, 0.2) is 36.4 Å². The highest BCUT2D eigenvalue weighted by Crippen LogP contribution is 2.50. The molecule has 280 valence electrons. The number of anilines is 2. The second-order valence-corrected chi connectivity index (χ2v) is 15.5. The second-order valence-electron chi connectivity index (χ2n) is 13.1. The number of nitrogens with one attached hydrogen (secondary N) is 3. The minimum Gasteiger partial charge on any atom is -0.506 e. The highest BCUT2D eigenvalue weighted by atomic mass is 32.2. The van der Waals surface area contributed by atoms with Crippen LogP contribution in [0.5, 0.6) is 28.7 Å². The number of hydrogen-bond acceptors (Lipinski definition) is 12. The van der Waals surface area contributed by atoms with Crippen LogP contribution in [0, 0.1) is 0 Å². The number of ether oxygens (including phenoxy) is 2. The Balaban J connectivity index is 1.21. The minimum absolute atomic E-state index is 0.0132. The second kappa shape index (κ2) is 12.6. The summed E-state index contributed by atoms with van der Waals surface area (Å²) in [6.45, 7) is -0.00527. The molecule has 6 aromatic rings. The van der Waals surface area contributed by atoms with Gasteiger partial charge in [0.05, 0.1) is 61.2 Å². The van der Waals surface area contributed by atoms with Crippen LogP contribution in [0.2, 0.25) is 0 Å². The first kappa shape index (κ1) is 35.2. The number of methoxy groups -OCH3 is 2. The summed E-state index contributed by atoms with van der Waals surface area (Å²) in [6, 6.07) is 9.06. The van der Waals surface area contributed by atoms with E-state index in [0.29, 0.717) is 50.4 Å². The van der Waals surface area contributed by atoms with Crippen LogP contribution in [0.1, 0.15) is 42.6 Å². The van der Waals surface area contributed by atoms with E-state index in [9.17, 15) is 38.1 Å². The van der Waals surface area contributed by atoms with Crippen LogP contribution < -0.4 is 19.3 Å². The van der Waals surface area contributed by atoms with E-state index in [0.717, 1.165) is 18.0 Å². The van der Waals surface area contributed by atoms with E-state index in [4.69, 9.17) is 13.7 Å². The molecule has 8 rings (SSSR count). The van der Waals surface area contributed by atoms with E-state index < -0.39 is 28.0 Å². The number of rotatable bonds is 7. The quantitative estimate of drug-likeness (QED) is 0.123.